The monoisotopic (exact) mass is 297 g/mol. The van der Waals surface area contributed by atoms with Gasteiger partial charge in [0.15, 0.2) is 0 Å². The number of likely N-dealkylation sites (tertiary alicyclic amines) is 1. The normalized spacial score (nSPS) is 31.0. The highest BCUT2D eigenvalue weighted by Crippen LogP contribution is 2.46. The molecule has 2 heterocycles. The smallest absolute Gasteiger partial charge is 0.0900 e. The Bertz CT molecular complexity index is 301. The van der Waals surface area contributed by atoms with E-state index in [-0.39, 0.29) is 12.2 Å². The van der Waals surface area contributed by atoms with E-state index < -0.39 is 0 Å². The Hall–Kier alpha value is -0.160. The van der Waals surface area contributed by atoms with Gasteiger partial charge < -0.3 is 19.5 Å². The molecule has 3 aliphatic rings. The van der Waals surface area contributed by atoms with Crippen molar-refractivity contribution in [2.75, 3.05) is 39.5 Å². The molecule has 1 saturated carbocycles. The highest BCUT2D eigenvalue weighted by atomic mass is 16.5. The Labute approximate surface area is 128 Å². The predicted octanol–water partition coefficient (Wildman–Crippen LogP) is 2.20. The Kier molecular flexibility index (Phi) is 5.54. The molecule has 1 N–H and O–H groups in total. The number of β-amino-alcohol motifs (C(OH)–C–C–N with tert-alkyl or cyclic N) is 1. The zero-order valence-electron chi connectivity index (χ0n) is 13.3. The third-order valence-corrected chi connectivity index (χ3v) is 5.69. The van der Waals surface area contributed by atoms with Crippen LogP contribution in [0.3, 0.4) is 0 Å². The second-order valence-corrected chi connectivity index (χ2v) is 7.33. The first-order chi connectivity index (χ1) is 10.3. The minimum absolute atomic E-state index is 0.259. The van der Waals surface area contributed by atoms with E-state index in [1.165, 1.54) is 38.5 Å². The van der Waals surface area contributed by atoms with E-state index in [1.54, 1.807) is 0 Å². The van der Waals surface area contributed by atoms with Gasteiger partial charge >= 0.3 is 0 Å². The molecule has 4 heteroatoms. The first kappa shape index (κ1) is 15.7. The highest BCUT2D eigenvalue weighted by Gasteiger charge is 2.37. The van der Waals surface area contributed by atoms with Gasteiger partial charge in [0.25, 0.3) is 0 Å². The summed E-state index contributed by atoms with van der Waals surface area (Å²) in [6.07, 6.45) is 10.5. The van der Waals surface area contributed by atoms with Crippen molar-refractivity contribution in [1.82, 2.24) is 4.90 Å². The van der Waals surface area contributed by atoms with Crippen molar-refractivity contribution < 1.29 is 14.6 Å². The number of hydrogen-bond acceptors (Lipinski definition) is 4. The SMILES string of the molecule is OC(COCC1CCCO1)CN1CCC2(CCCC2)CC1. The number of ether oxygens (including phenoxy) is 2. The van der Waals surface area contributed by atoms with Crippen LogP contribution in [0.2, 0.25) is 0 Å². The first-order valence-corrected chi connectivity index (χ1v) is 8.86. The van der Waals surface area contributed by atoms with Crippen LogP contribution in [-0.4, -0.2) is 61.7 Å². The average Bonchev–Trinajstić information content (AvgIpc) is 3.14. The summed E-state index contributed by atoms with van der Waals surface area (Å²) in [6, 6.07) is 0. The Morgan fingerprint density at radius 1 is 1.14 bits per heavy atom. The van der Waals surface area contributed by atoms with Gasteiger partial charge in [0.2, 0.25) is 0 Å². The van der Waals surface area contributed by atoms with Gasteiger partial charge in [-0.15, -0.1) is 0 Å². The third kappa shape index (κ3) is 4.41. The van der Waals surface area contributed by atoms with Crippen LogP contribution in [0.15, 0.2) is 0 Å². The minimum Gasteiger partial charge on any atom is -0.389 e. The van der Waals surface area contributed by atoms with Crippen LogP contribution in [0.5, 0.6) is 0 Å². The van der Waals surface area contributed by atoms with Gasteiger partial charge in [-0.1, -0.05) is 12.8 Å². The molecule has 0 amide bonds. The van der Waals surface area contributed by atoms with Gasteiger partial charge in [0, 0.05) is 13.2 Å². The van der Waals surface area contributed by atoms with Crippen molar-refractivity contribution >= 4 is 0 Å². The van der Waals surface area contributed by atoms with Crippen LogP contribution >= 0.6 is 0 Å². The Balaban J connectivity index is 1.29. The van der Waals surface area contributed by atoms with Gasteiger partial charge in [-0.3, -0.25) is 0 Å². The molecule has 2 unspecified atom stereocenters. The highest BCUT2D eigenvalue weighted by molar-refractivity contribution is 4.90. The zero-order valence-corrected chi connectivity index (χ0v) is 13.3. The van der Waals surface area contributed by atoms with E-state index in [2.05, 4.69) is 4.90 Å². The summed E-state index contributed by atoms with van der Waals surface area (Å²) >= 11 is 0. The van der Waals surface area contributed by atoms with Crippen LogP contribution in [0.25, 0.3) is 0 Å². The zero-order chi connectivity index (χ0) is 14.5. The van der Waals surface area contributed by atoms with Gasteiger partial charge in [-0.2, -0.15) is 0 Å². The average molecular weight is 297 g/mol. The molecule has 21 heavy (non-hydrogen) atoms. The lowest BCUT2D eigenvalue weighted by atomic mass is 9.77. The van der Waals surface area contributed by atoms with Crippen LogP contribution < -0.4 is 0 Å². The Morgan fingerprint density at radius 2 is 1.90 bits per heavy atom. The van der Waals surface area contributed by atoms with Crippen LogP contribution in [0.4, 0.5) is 0 Å². The molecular formula is C17H31NO3. The first-order valence-electron chi connectivity index (χ1n) is 8.86. The molecule has 1 aliphatic carbocycles. The molecule has 3 fully saturated rings. The molecule has 2 aliphatic heterocycles. The van der Waals surface area contributed by atoms with Crippen LogP contribution in [0, 0.1) is 5.41 Å². The molecule has 0 bridgehead atoms. The van der Waals surface area contributed by atoms with Crippen molar-refractivity contribution in [2.24, 2.45) is 5.41 Å². The van der Waals surface area contributed by atoms with E-state index in [9.17, 15) is 5.11 Å². The predicted molar refractivity (Wildman–Crippen MR) is 82.4 cm³/mol. The lowest BCUT2D eigenvalue weighted by molar-refractivity contribution is -0.0300. The number of nitrogens with zero attached hydrogens (tertiary/aromatic N) is 1. The summed E-state index contributed by atoms with van der Waals surface area (Å²) in [6.45, 7) is 5.03. The lowest BCUT2D eigenvalue weighted by Gasteiger charge is -2.40. The fourth-order valence-corrected chi connectivity index (χ4v) is 4.30. The summed E-state index contributed by atoms with van der Waals surface area (Å²) in [5, 5.41) is 10.1. The van der Waals surface area contributed by atoms with Crippen molar-refractivity contribution in [2.45, 2.75) is 63.6 Å². The standard InChI is InChI=1S/C17H31NO3/c19-15(13-20-14-16-4-3-11-21-16)12-18-9-7-17(8-10-18)5-1-2-6-17/h15-16,19H,1-14H2. The second kappa shape index (κ2) is 7.40. The van der Waals surface area contributed by atoms with Crippen molar-refractivity contribution in [3.05, 3.63) is 0 Å². The largest absolute Gasteiger partial charge is 0.389 e. The summed E-state index contributed by atoms with van der Waals surface area (Å²) in [5.74, 6) is 0. The molecular weight excluding hydrogens is 266 g/mol. The number of aliphatic hydroxyl groups is 1. The lowest BCUT2D eigenvalue weighted by Crippen LogP contribution is -2.43. The number of piperidine rings is 1. The van der Waals surface area contributed by atoms with Crippen molar-refractivity contribution in [1.29, 1.82) is 0 Å². The number of hydrogen-bond donors (Lipinski definition) is 1. The maximum Gasteiger partial charge on any atom is 0.0900 e. The van der Waals surface area contributed by atoms with Gasteiger partial charge in [0.05, 0.1) is 25.4 Å². The fraction of sp³-hybridized carbons (Fsp3) is 1.00. The fourth-order valence-electron chi connectivity index (χ4n) is 4.30. The van der Waals surface area contributed by atoms with E-state index in [4.69, 9.17) is 9.47 Å². The van der Waals surface area contributed by atoms with Gasteiger partial charge in [0.1, 0.15) is 0 Å². The maximum atomic E-state index is 10.1. The quantitative estimate of drug-likeness (QED) is 0.816. The van der Waals surface area contributed by atoms with Gasteiger partial charge in [-0.25, -0.2) is 0 Å². The van der Waals surface area contributed by atoms with Gasteiger partial charge in [-0.05, 0) is 57.0 Å². The molecule has 2 atom stereocenters. The summed E-state index contributed by atoms with van der Waals surface area (Å²) < 4.78 is 11.1. The van der Waals surface area contributed by atoms with E-state index in [0.29, 0.717) is 18.6 Å². The second-order valence-electron chi connectivity index (χ2n) is 7.33. The van der Waals surface area contributed by atoms with Crippen molar-refractivity contribution in [3.8, 4) is 0 Å². The minimum atomic E-state index is -0.357. The molecule has 0 aromatic heterocycles. The maximum absolute atomic E-state index is 10.1. The molecule has 1 spiro atoms. The van der Waals surface area contributed by atoms with E-state index in [1.807, 2.05) is 0 Å². The summed E-state index contributed by atoms with van der Waals surface area (Å²) in [4.78, 5) is 2.42. The van der Waals surface area contributed by atoms with Crippen LogP contribution in [-0.2, 0) is 9.47 Å². The summed E-state index contributed by atoms with van der Waals surface area (Å²) in [7, 11) is 0. The molecule has 3 rings (SSSR count). The number of rotatable bonds is 6. The molecule has 2 saturated heterocycles. The third-order valence-electron chi connectivity index (χ3n) is 5.69. The van der Waals surface area contributed by atoms with Crippen molar-refractivity contribution in [3.63, 3.8) is 0 Å². The van der Waals surface area contributed by atoms with E-state index in [0.717, 1.165) is 39.1 Å². The molecule has 122 valence electrons. The Morgan fingerprint density at radius 3 is 2.57 bits per heavy atom. The summed E-state index contributed by atoms with van der Waals surface area (Å²) in [5.41, 5.74) is 0.664. The van der Waals surface area contributed by atoms with Crippen LogP contribution in [0.1, 0.15) is 51.4 Å². The molecule has 0 aromatic rings. The van der Waals surface area contributed by atoms with E-state index >= 15 is 0 Å². The topological polar surface area (TPSA) is 41.9 Å². The number of aliphatic hydroxyl groups excluding tert-OH is 1. The molecule has 0 radical (unpaired) electrons. The molecule has 0 aromatic carbocycles. The molecule has 4 nitrogen and oxygen atoms in total.